The Balaban J connectivity index is 1.86. The quantitative estimate of drug-likeness (QED) is 0.314. The molecule has 0 bridgehead atoms. The van der Waals surface area contributed by atoms with E-state index in [4.69, 9.17) is 4.74 Å². The minimum Gasteiger partial charge on any atom is -0.444 e. The monoisotopic (exact) mass is 396 g/mol. The van der Waals surface area contributed by atoms with Crippen molar-refractivity contribution in [2.45, 2.75) is 129 Å². The van der Waals surface area contributed by atoms with Gasteiger partial charge in [-0.3, -0.25) is 0 Å². The third-order valence-corrected chi connectivity index (χ3v) is 5.55. The fraction of sp³-hybridized carbons (Fsp3) is 0.958. The molecule has 1 N–H and O–H groups in total. The van der Waals surface area contributed by atoms with E-state index in [1.165, 1.54) is 83.5 Å². The first-order valence-electron chi connectivity index (χ1n) is 12.1. The molecule has 28 heavy (non-hydrogen) atoms. The fourth-order valence-electron chi connectivity index (χ4n) is 3.87. The fourth-order valence-corrected chi connectivity index (χ4v) is 3.87. The summed E-state index contributed by atoms with van der Waals surface area (Å²) in [7, 11) is 0. The van der Waals surface area contributed by atoms with Gasteiger partial charge in [0.05, 0.1) is 0 Å². The Bertz CT molecular complexity index is 393. The van der Waals surface area contributed by atoms with Crippen molar-refractivity contribution in [2.24, 2.45) is 0 Å². The van der Waals surface area contributed by atoms with E-state index in [0.29, 0.717) is 6.04 Å². The van der Waals surface area contributed by atoms with E-state index in [9.17, 15) is 4.79 Å². The predicted molar refractivity (Wildman–Crippen MR) is 120 cm³/mol. The molecule has 4 heteroatoms. The summed E-state index contributed by atoms with van der Waals surface area (Å²) in [6.45, 7) is 10.7. The van der Waals surface area contributed by atoms with Gasteiger partial charge in [0.1, 0.15) is 5.60 Å². The molecule has 1 fully saturated rings. The van der Waals surface area contributed by atoms with Crippen LogP contribution in [0.5, 0.6) is 0 Å². The summed E-state index contributed by atoms with van der Waals surface area (Å²) < 4.78 is 5.46. The van der Waals surface area contributed by atoms with Gasteiger partial charge in [-0.25, -0.2) is 4.79 Å². The minimum absolute atomic E-state index is 0.169. The van der Waals surface area contributed by atoms with Crippen molar-refractivity contribution in [1.82, 2.24) is 10.2 Å². The molecule has 0 unspecified atom stereocenters. The summed E-state index contributed by atoms with van der Waals surface area (Å²) in [5, 5.41) is 3.62. The van der Waals surface area contributed by atoms with E-state index < -0.39 is 5.60 Å². The van der Waals surface area contributed by atoms with Gasteiger partial charge < -0.3 is 15.0 Å². The van der Waals surface area contributed by atoms with E-state index in [2.05, 4.69) is 12.2 Å². The van der Waals surface area contributed by atoms with Gasteiger partial charge in [0, 0.05) is 19.1 Å². The number of likely N-dealkylation sites (tertiary alicyclic amines) is 1. The lowest BCUT2D eigenvalue weighted by molar-refractivity contribution is 0.0291. The maximum Gasteiger partial charge on any atom is 0.410 e. The van der Waals surface area contributed by atoms with Crippen LogP contribution in [0.2, 0.25) is 0 Å². The Labute approximate surface area is 175 Å². The van der Waals surface area contributed by atoms with Crippen LogP contribution in [-0.2, 0) is 4.74 Å². The highest BCUT2D eigenvalue weighted by molar-refractivity contribution is 5.68. The number of ether oxygens (including phenoxy) is 1. The first-order chi connectivity index (χ1) is 13.4. The zero-order valence-electron chi connectivity index (χ0n) is 19.4. The Morgan fingerprint density at radius 3 is 1.89 bits per heavy atom. The Hall–Kier alpha value is -0.770. The number of amides is 1. The lowest BCUT2D eigenvalue weighted by Crippen LogP contribution is -2.38. The number of nitrogens with one attached hydrogen (secondary N) is 1. The normalized spacial score (nSPS) is 17.3. The molecule has 0 aromatic heterocycles. The standard InChI is InChI=1S/C24H48N2O2/c1-5-6-7-8-9-10-11-12-13-14-15-16-17-19-25-22-18-20-26(21-22)23(27)28-24(2,3)4/h22,25H,5-21H2,1-4H3/t22-/m1/s1. The third-order valence-electron chi connectivity index (χ3n) is 5.55. The molecule has 1 aliphatic rings. The number of carbonyl (C=O) groups is 1. The van der Waals surface area contributed by atoms with Crippen molar-refractivity contribution in [2.75, 3.05) is 19.6 Å². The van der Waals surface area contributed by atoms with E-state index in [0.717, 1.165) is 26.1 Å². The second kappa shape index (κ2) is 15.1. The molecule has 1 rings (SSSR count). The van der Waals surface area contributed by atoms with Crippen LogP contribution in [0, 0.1) is 0 Å². The zero-order chi connectivity index (χ0) is 20.7. The average Bonchev–Trinajstić information content (AvgIpc) is 3.10. The molecule has 0 radical (unpaired) electrons. The van der Waals surface area contributed by atoms with Gasteiger partial charge in [-0.05, 0) is 40.2 Å². The third kappa shape index (κ3) is 13.4. The molecule has 0 spiro atoms. The molecule has 0 aromatic rings. The molecule has 0 aliphatic carbocycles. The molecular weight excluding hydrogens is 348 g/mol. The second-order valence-corrected chi connectivity index (χ2v) is 9.61. The Kier molecular flexibility index (Phi) is 13.6. The summed E-state index contributed by atoms with van der Waals surface area (Å²) in [6, 6.07) is 0.435. The van der Waals surface area contributed by atoms with Crippen LogP contribution in [0.3, 0.4) is 0 Å². The van der Waals surface area contributed by atoms with Crippen molar-refractivity contribution in [1.29, 1.82) is 0 Å². The van der Waals surface area contributed by atoms with Gasteiger partial charge in [0.2, 0.25) is 0 Å². The Morgan fingerprint density at radius 2 is 1.39 bits per heavy atom. The number of hydrogen-bond acceptors (Lipinski definition) is 3. The van der Waals surface area contributed by atoms with Crippen molar-refractivity contribution >= 4 is 6.09 Å². The van der Waals surface area contributed by atoms with E-state index in [-0.39, 0.29) is 6.09 Å². The average molecular weight is 397 g/mol. The molecule has 0 aromatic carbocycles. The minimum atomic E-state index is -0.406. The van der Waals surface area contributed by atoms with Gasteiger partial charge in [0.25, 0.3) is 0 Å². The molecular formula is C24H48N2O2. The van der Waals surface area contributed by atoms with E-state index in [1.807, 2.05) is 25.7 Å². The van der Waals surface area contributed by atoms with Crippen molar-refractivity contribution < 1.29 is 9.53 Å². The number of nitrogens with zero attached hydrogens (tertiary/aromatic N) is 1. The molecule has 166 valence electrons. The number of rotatable bonds is 15. The molecule has 1 aliphatic heterocycles. The van der Waals surface area contributed by atoms with Crippen molar-refractivity contribution in [3.05, 3.63) is 0 Å². The number of unbranched alkanes of at least 4 members (excludes halogenated alkanes) is 12. The SMILES string of the molecule is CCCCCCCCCCCCCCCN[C@@H]1CCN(C(=O)OC(C)(C)C)C1. The predicted octanol–water partition coefficient (Wildman–Crippen LogP) is 6.68. The number of carbonyl (C=O) groups excluding carboxylic acids is 1. The van der Waals surface area contributed by atoms with Crippen LogP contribution in [0.1, 0.15) is 118 Å². The van der Waals surface area contributed by atoms with Gasteiger partial charge in [0.15, 0.2) is 0 Å². The molecule has 1 amide bonds. The summed E-state index contributed by atoms with van der Waals surface area (Å²) >= 11 is 0. The van der Waals surface area contributed by atoms with E-state index in [1.54, 1.807) is 0 Å². The lowest BCUT2D eigenvalue weighted by atomic mass is 10.0. The molecule has 1 saturated heterocycles. The van der Waals surface area contributed by atoms with Gasteiger partial charge in [-0.1, -0.05) is 84.0 Å². The van der Waals surface area contributed by atoms with Crippen LogP contribution in [0.4, 0.5) is 4.79 Å². The maximum absolute atomic E-state index is 12.1. The van der Waals surface area contributed by atoms with Crippen LogP contribution in [0.25, 0.3) is 0 Å². The first kappa shape index (κ1) is 25.3. The summed E-state index contributed by atoms with van der Waals surface area (Å²) in [4.78, 5) is 13.9. The van der Waals surface area contributed by atoms with Crippen LogP contribution >= 0.6 is 0 Å². The summed E-state index contributed by atoms with van der Waals surface area (Å²) in [5.41, 5.74) is -0.406. The zero-order valence-corrected chi connectivity index (χ0v) is 19.4. The van der Waals surface area contributed by atoms with Crippen molar-refractivity contribution in [3.8, 4) is 0 Å². The van der Waals surface area contributed by atoms with E-state index >= 15 is 0 Å². The summed E-state index contributed by atoms with van der Waals surface area (Å²) in [6.07, 6.45) is 19.0. The lowest BCUT2D eigenvalue weighted by Gasteiger charge is -2.24. The highest BCUT2D eigenvalue weighted by Gasteiger charge is 2.29. The second-order valence-electron chi connectivity index (χ2n) is 9.61. The van der Waals surface area contributed by atoms with Crippen LogP contribution in [0.15, 0.2) is 0 Å². The molecule has 1 atom stereocenters. The van der Waals surface area contributed by atoms with Gasteiger partial charge in [-0.15, -0.1) is 0 Å². The maximum atomic E-state index is 12.1. The highest BCUT2D eigenvalue weighted by atomic mass is 16.6. The van der Waals surface area contributed by atoms with Gasteiger partial charge >= 0.3 is 6.09 Å². The molecule has 4 nitrogen and oxygen atoms in total. The van der Waals surface area contributed by atoms with Crippen LogP contribution in [-0.4, -0.2) is 42.3 Å². The topological polar surface area (TPSA) is 41.6 Å². The van der Waals surface area contributed by atoms with Gasteiger partial charge in [-0.2, -0.15) is 0 Å². The summed E-state index contributed by atoms with van der Waals surface area (Å²) in [5.74, 6) is 0. The highest BCUT2D eigenvalue weighted by Crippen LogP contribution is 2.16. The van der Waals surface area contributed by atoms with Crippen molar-refractivity contribution in [3.63, 3.8) is 0 Å². The Morgan fingerprint density at radius 1 is 0.893 bits per heavy atom. The first-order valence-corrected chi connectivity index (χ1v) is 12.1. The van der Waals surface area contributed by atoms with Crippen LogP contribution < -0.4 is 5.32 Å². The number of hydrogen-bond donors (Lipinski definition) is 1. The molecule has 1 heterocycles. The molecule has 0 saturated carbocycles. The smallest absolute Gasteiger partial charge is 0.410 e. The largest absolute Gasteiger partial charge is 0.444 e.